The van der Waals surface area contributed by atoms with Crippen LogP contribution >= 0.6 is 11.3 Å². The second kappa shape index (κ2) is 7.19. The zero-order chi connectivity index (χ0) is 18.9. The van der Waals surface area contributed by atoms with Crippen LogP contribution in [0.5, 0.6) is 0 Å². The van der Waals surface area contributed by atoms with Crippen molar-refractivity contribution >= 4 is 43.0 Å². The number of carbonyl (C=O) groups is 1. The fourth-order valence-corrected chi connectivity index (χ4v) is 4.61. The first kappa shape index (κ1) is 18.6. The minimum Gasteiger partial charge on any atom is -0.322 e. The van der Waals surface area contributed by atoms with Crippen molar-refractivity contribution in [3.63, 3.8) is 0 Å². The highest BCUT2D eigenvalue weighted by Crippen LogP contribution is 2.24. The van der Waals surface area contributed by atoms with E-state index in [1.165, 1.54) is 28.6 Å². The lowest BCUT2D eigenvalue weighted by molar-refractivity contribution is 0.102. The normalized spacial score (nSPS) is 12.0. The lowest BCUT2D eigenvalue weighted by Crippen LogP contribution is -2.33. The molecule has 26 heavy (non-hydrogen) atoms. The summed E-state index contributed by atoms with van der Waals surface area (Å²) in [6, 6.07) is 13.6. The number of rotatable bonds is 5. The van der Waals surface area contributed by atoms with E-state index in [9.17, 15) is 13.2 Å². The number of hydrogen-bond acceptors (Lipinski definition) is 4. The zero-order valence-corrected chi connectivity index (χ0v) is 16.4. The van der Waals surface area contributed by atoms with Gasteiger partial charge in [0.1, 0.15) is 0 Å². The Kier molecular flexibility index (Phi) is 5.13. The Labute approximate surface area is 157 Å². The molecule has 3 rings (SSSR count). The molecule has 5 nitrogen and oxygen atoms in total. The van der Waals surface area contributed by atoms with Crippen LogP contribution in [0.15, 0.2) is 58.8 Å². The second-order valence-corrected chi connectivity index (χ2v) is 9.21. The van der Waals surface area contributed by atoms with E-state index in [0.29, 0.717) is 11.3 Å². The number of thiophene rings is 1. The molecule has 2 aromatic carbocycles. The van der Waals surface area contributed by atoms with Crippen LogP contribution in [0.4, 0.5) is 5.69 Å². The summed E-state index contributed by atoms with van der Waals surface area (Å²) in [6.45, 7) is 3.62. The number of hydrogen-bond donors (Lipinski definition) is 1. The van der Waals surface area contributed by atoms with Crippen LogP contribution in [0.1, 0.15) is 24.2 Å². The van der Waals surface area contributed by atoms with E-state index in [-0.39, 0.29) is 16.8 Å². The molecule has 1 amide bonds. The average molecular weight is 389 g/mol. The Morgan fingerprint density at radius 3 is 2.42 bits per heavy atom. The summed E-state index contributed by atoms with van der Waals surface area (Å²) < 4.78 is 27.4. The molecule has 0 radical (unpaired) electrons. The summed E-state index contributed by atoms with van der Waals surface area (Å²) >= 11 is 1.65. The van der Waals surface area contributed by atoms with Gasteiger partial charge in [-0.1, -0.05) is 0 Å². The number of amides is 1. The molecule has 0 fully saturated rings. The predicted octanol–water partition coefficient (Wildman–Crippen LogP) is 4.18. The number of carbonyl (C=O) groups excluding carboxylic acids is 1. The molecule has 0 unspecified atom stereocenters. The molecule has 0 saturated carbocycles. The summed E-state index contributed by atoms with van der Waals surface area (Å²) in [6.07, 6.45) is 0. The van der Waals surface area contributed by atoms with Crippen molar-refractivity contribution in [1.82, 2.24) is 4.31 Å². The van der Waals surface area contributed by atoms with Gasteiger partial charge in [-0.2, -0.15) is 4.31 Å². The van der Waals surface area contributed by atoms with Crippen LogP contribution < -0.4 is 5.32 Å². The molecule has 3 aromatic rings. The molecule has 0 aliphatic heterocycles. The SMILES string of the molecule is CC(C)N(C)S(=O)(=O)c1ccc(C(=O)Nc2ccc3sccc3c2)cc1. The van der Waals surface area contributed by atoms with E-state index in [0.717, 1.165) is 10.1 Å². The van der Waals surface area contributed by atoms with Crippen LogP contribution in [-0.4, -0.2) is 31.7 Å². The fourth-order valence-electron chi connectivity index (χ4n) is 2.47. The molecule has 0 aliphatic carbocycles. The monoisotopic (exact) mass is 388 g/mol. The maximum absolute atomic E-state index is 12.5. The van der Waals surface area contributed by atoms with E-state index >= 15 is 0 Å². The summed E-state index contributed by atoms with van der Waals surface area (Å²) in [7, 11) is -2.01. The Morgan fingerprint density at radius 1 is 1.08 bits per heavy atom. The molecular formula is C19H20N2O3S2. The van der Waals surface area contributed by atoms with Gasteiger partial charge in [-0.05, 0) is 73.1 Å². The molecule has 0 spiro atoms. The van der Waals surface area contributed by atoms with E-state index in [4.69, 9.17) is 0 Å². The van der Waals surface area contributed by atoms with Crippen molar-refractivity contribution in [2.24, 2.45) is 0 Å². The van der Waals surface area contributed by atoms with Crippen molar-refractivity contribution < 1.29 is 13.2 Å². The maximum Gasteiger partial charge on any atom is 0.255 e. The number of sulfonamides is 1. The van der Waals surface area contributed by atoms with Gasteiger partial charge in [-0.15, -0.1) is 11.3 Å². The van der Waals surface area contributed by atoms with Crippen LogP contribution in [0, 0.1) is 0 Å². The number of benzene rings is 2. The first-order valence-electron chi connectivity index (χ1n) is 8.16. The molecule has 7 heteroatoms. The number of nitrogens with zero attached hydrogens (tertiary/aromatic N) is 1. The van der Waals surface area contributed by atoms with Gasteiger partial charge >= 0.3 is 0 Å². The molecular weight excluding hydrogens is 368 g/mol. The summed E-state index contributed by atoms with van der Waals surface area (Å²) in [5.41, 5.74) is 1.11. The van der Waals surface area contributed by atoms with E-state index in [1.807, 2.05) is 43.5 Å². The third-order valence-electron chi connectivity index (χ3n) is 4.23. The number of nitrogens with one attached hydrogen (secondary N) is 1. The smallest absolute Gasteiger partial charge is 0.255 e. The quantitative estimate of drug-likeness (QED) is 0.713. The van der Waals surface area contributed by atoms with Crippen molar-refractivity contribution in [3.05, 3.63) is 59.5 Å². The Balaban J connectivity index is 1.78. The summed E-state index contributed by atoms with van der Waals surface area (Å²) in [4.78, 5) is 12.6. The summed E-state index contributed by atoms with van der Waals surface area (Å²) in [5.74, 6) is -0.277. The maximum atomic E-state index is 12.5. The first-order valence-corrected chi connectivity index (χ1v) is 10.5. The molecule has 1 N–H and O–H groups in total. The van der Waals surface area contributed by atoms with Crippen molar-refractivity contribution in [2.45, 2.75) is 24.8 Å². The molecule has 0 aliphatic rings. The van der Waals surface area contributed by atoms with Gasteiger partial charge in [0.05, 0.1) is 4.90 Å². The molecule has 1 aromatic heterocycles. The van der Waals surface area contributed by atoms with Crippen LogP contribution in [0.3, 0.4) is 0 Å². The summed E-state index contributed by atoms with van der Waals surface area (Å²) in [5, 5.41) is 5.92. The van der Waals surface area contributed by atoms with Crippen LogP contribution in [-0.2, 0) is 10.0 Å². The first-order chi connectivity index (χ1) is 12.3. The van der Waals surface area contributed by atoms with Gasteiger partial charge in [0.25, 0.3) is 5.91 Å². The third-order valence-corrected chi connectivity index (χ3v) is 7.18. The Hall–Kier alpha value is -2.22. The van der Waals surface area contributed by atoms with E-state index in [1.54, 1.807) is 18.4 Å². The Bertz CT molecular complexity index is 1040. The zero-order valence-electron chi connectivity index (χ0n) is 14.8. The predicted molar refractivity (Wildman–Crippen MR) is 106 cm³/mol. The average Bonchev–Trinajstić information content (AvgIpc) is 3.08. The molecule has 136 valence electrons. The van der Waals surface area contributed by atoms with Crippen molar-refractivity contribution in [1.29, 1.82) is 0 Å². The second-order valence-electron chi connectivity index (χ2n) is 6.27. The number of anilines is 1. The minimum absolute atomic E-state index is 0.144. The Morgan fingerprint density at radius 2 is 1.77 bits per heavy atom. The fraction of sp³-hybridized carbons (Fsp3) is 0.211. The molecule has 1 heterocycles. The standard InChI is InChI=1S/C19H20N2O3S2/c1-13(2)21(3)26(23,24)17-7-4-14(5-8-17)19(22)20-16-6-9-18-15(12-16)10-11-25-18/h4-13H,1-3H3,(H,20,22). The lowest BCUT2D eigenvalue weighted by atomic mass is 10.2. The van der Waals surface area contributed by atoms with Crippen LogP contribution in [0.25, 0.3) is 10.1 Å². The van der Waals surface area contributed by atoms with Gasteiger partial charge in [0.15, 0.2) is 0 Å². The van der Waals surface area contributed by atoms with E-state index in [2.05, 4.69) is 5.32 Å². The third kappa shape index (κ3) is 3.65. The number of fused-ring (bicyclic) bond motifs is 1. The highest BCUT2D eigenvalue weighted by Gasteiger charge is 2.23. The molecule has 0 bridgehead atoms. The van der Waals surface area contributed by atoms with Gasteiger partial charge in [-0.3, -0.25) is 4.79 Å². The van der Waals surface area contributed by atoms with Gasteiger partial charge in [0, 0.05) is 29.0 Å². The van der Waals surface area contributed by atoms with Crippen molar-refractivity contribution in [3.8, 4) is 0 Å². The van der Waals surface area contributed by atoms with Crippen LogP contribution in [0.2, 0.25) is 0 Å². The highest BCUT2D eigenvalue weighted by molar-refractivity contribution is 7.89. The lowest BCUT2D eigenvalue weighted by Gasteiger charge is -2.21. The topological polar surface area (TPSA) is 66.5 Å². The molecule has 0 saturated heterocycles. The van der Waals surface area contributed by atoms with Gasteiger partial charge in [-0.25, -0.2) is 8.42 Å². The minimum atomic E-state index is -3.55. The molecule has 0 atom stereocenters. The van der Waals surface area contributed by atoms with E-state index < -0.39 is 10.0 Å². The van der Waals surface area contributed by atoms with Gasteiger partial charge < -0.3 is 5.32 Å². The largest absolute Gasteiger partial charge is 0.322 e. The highest BCUT2D eigenvalue weighted by atomic mass is 32.2. The van der Waals surface area contributed by atoms with Gasteiger partial charge in [0.2, 0.25) is 10.0 Å². The van der Waals surface area contributed by atoms with Crippen molar-refractivity contribution in [2.75, 3.05) is 12.4 Å².